The Kier molecular flexibility index (Phi) is 10.8. The first-order chi connectivity index (χ1) is 25.8. The van der Waals surface area contributed by atoms with Gasteiger partial charge in [-0.25, -0.2) is 8.42 Å². The number of ketones is 1. The minimum Gasteiger partial charge on any atom is -0.492 e. The standard InChI is InChI=1S/C44H41N3O5S/c1-53(49,50)47(31-34-14-7-3-8-15-34)37-19-11-18-36(26-37)44(48)29-45-24-25-51-39-20-22-40-41-27-38(52-32-35-16-9-4-10-17-35)21-23-42(41)46(43(40)28-39)30-33-12-5-2-6-13-33/h2-23,26-28,45H,24-25,29-32H2,1H3. The van der Waals surface area contributed by atoms with Crippen molar-refractivity contribution >= 4 is 43.3 Å². The molecule has 6 aromatic carbocycles. The summed E-state index contributed by atoms with van der Waals surface area (Å²) in [5.41, 5.74) is 6.21. The predicted molar refractivity (Wildman–Crippen MR) is 212 cm³/mol. The second kappa shape index (κ2) is 16.2. The number of hydrogen-bond donors (Lipinski definition) is 1. The molecule has 7 aromatic rings. The van der Waals surface area contributed by atoms with Gasteiger partial charge in [-0.15, -0.1) is 0 Å². The Morgan fingerprint density at radius 3 is 2.04 bits per heavy atom. The third kappa shape index (κ3) is 8.77. The monoisotopic (exact) mass is 723 g/mol. The number of hydrogen-bond acceptors (Lipinski definition) is 6. The number of nitrogens with one attached hydrogen (secondary N) is 1. The topological polar surface area (TPSA) is 89.9 Å². The molecule has 0 unspecified atom stereocenters. The second-order valence-electron chi connectivity index (χ2n) is 13.0. The summed E-state index contributed by atoms with van der Waals surface area (Å²) in [6.07, 6.45) is 1.17. The fourth-order valence-electron chi connectivity index (χ4n) is 6.44. The molecule has 1 aromatic heterocycles. The number of carbonyl (C=O) groups excluding carboxylic acids is 1. The molecule has 53 heavy (non-hydrogen) atoms. The van der Waals surface area contributed by atoms with Crippen molar-refractivity contribution < 1.29 is 22.7 Å². The fourth-order valence-corrected chi connectivity index (χ4v) is 7.32. The predicted octanol–water partition coefficient (Wildman–Crippen LogP) is 8.24. The van der Waals surface area contributed by atoms with Gasteiger partial charge in [-0.3, -0.25) is 9.10 Å². The molecule has 0 aliphatic heterocycles. The smallest absolute Gasteiger partial charge is 0.232 e. The SMILES string of the molecule is CS(=O)(=O)N(Cc1ccccc1)c1cccc(C(=O)CNCCOc2ccc3c4cc(OCc5ccccc5)ccc4n(Cc4ccccc4)c3c2)c1. The number of Topliss-reactive ketones (excluding diaryl/α,β-unsaturated/α-hetero) is 1. The first kappa shape index (κ1) is 35.5. The molecular weight excluding hydrogens is 683 g/mol. The molecule has 0 aliphatic carbocycles. The molecule has 0 bridgehead atoms. The summed E-state index contributed by atoms with van der Waals surface area (Å²) < 4.78 is 41.4. The van der Waals surface area contributed by atoms with Crippen molar-refractivity contribution in [2.45, 2.75) is 19.7 Å². The number of nitrogens with zero attached hydrogens (tertiary/aromatic N) is 2. The van der Waals surface area contributed by atoms with Gasteiger partial charge in [0.2, 0.25) is 10.0 Å². The Labute approximate surface area is 310 Å². The Bertz CT molecular complexity index is 2430. The van der Waals surface area contributed by atoms with Crippen LogP contribution in [0, 0.1) is 0 Å². The van der Waals surface area contributed by atoms with E-state index in [4.69, 9.17) is 9.47 Å². The Morgan fingerprint density at radius 2 is 1.32 bits per heavy atom. The highest BCUT2D eigenvalue weighted by molar-refractivity contribution is 7.92. The number of benzene rings is 6. The molecule has 0 fully saturated rings. The highest BCUT2D eigenvalue weighted by atomic mass is 32.2. The van der Waals surface area contributed by atoms with Crippen LogP contribution in [0.4, 0.5) is 5.69 Å². The molecule has 1 heterocycles. The lowest BCUT2D eigenvalue weighted by molar-refractivity contribution is 0.0990. The zero-order valence-electron chi connectivity index (χ0n) is 29.5. The van der Waals surface area contributed by atoms with Crippen LogP contribution < -0.4 is 19.1 Å². The van der Waals surface area contributed by atoms with E-state index in [0.29, 0.717) is 37.6 Å². The van der Waals surface area contributed by atoms with Gasteiger partial charge in [0.25, 0.3) is 0 Å². The minimum absolute atomic E-state index is 0.0867. The summed E-state index contributed by atoms with van der Waals surface area (Å²) in [6, 6.07) is 49.1. The summed E-state index contributed by atoms with van der Waals surface area (Å²) in [4.78, 5) is 13.1. The lowest BCUT2D eigenvalue weighted by Gasteiger charge is -2.23. The molecule has 0 amide bonds. The van der Waals surface area contributed by atoms with Crippen molar-refractivity contribution in [1.29, 1.82) is 0 Å². The Morgan fingerprint density at radius 1 is 0.660 bits per heavy atom. The van der Waals surface area contributed by atoms with E-state index in [0.717, 1.165) is 44.4 Å². The van der Waals surface area contributed by atoms with Crippen molar-refractivity contribution in [1.82, 2.24) is 9.88 Å². The third-order valence-electron chi connectivity index (χ3n) is 9.10. The average Bonchev–Trinajstić information content (AvgIpc) is 3.48. The minimum atomic E-state index is -3.58. The molecular formula is C44H41N3O5S. The van der Waals surface area contributed by atoms with E-state index >= 15 is 0 Å². The number of ether oxygens (including phenoxy) is 2. The van der Waals surface area contributed by atoms with Gasteiger partial charge in [-0.1, -0.05) is 103 Å². The van der Waals surface area contributed by atoms with Crippen molar-refractivity contribution in [3.05, 3.63) is 174 Å². The van der Waals surface area contributed by atoms with E-state index in [9.17, 15) is 13.2 Å². The van der Waals surface area contributed by atoms with E-state index in [1.165, 1.54) is 16.1 Å². The van der Waals surface area contributed by atoms with Crippen molar-refractivity contribution in [2.24, 2.45) is 0 Å². The van der Waals surface area contributed by atoms with Crippen molar-refractivity contribution in [2.75, 3.05) is 30.3 Å². The highest BCUT2D eigenvalue weighted by Gasteiger charge is 2.19. The normalized spacial score (nSPS) is 11.5. The molecule has 8 nitrogen and oxygen atoms in total. The molecule has 9 heteroatoms. The number of sulfonamides is 1. The molecule has 0 radical (unpaired) electrons. The summed E-state index contributed by atoms with van der Waals surface area (Å²) >= 11 is 0. The van der Waals surface area contributed by atoms with Gasteiger partial charge in [-0.05, 0) is 59.2 Å². The van der Waals surface area contributed by atoms with Crippen molar-refractivity contribution in [3.8, 4) is 11.5 Å². The highest BCUT2D eigenvalue weighted by Crippen LogP contribution is 2.35. The largest absolute Gasteiger partial charge is 0.492 e. The lowest BCUT2D eigenvalue weighted by atomic mass is 10.1. The number of fused-ring (bicyclic) bond motifs is 3. The van der Waals surface area contributed by atoms with Gasteiger partial charge in [0.15, 0.2) is 5.78 Å². The zero-order chi connectivity index (χ0) is 36.6. The summed E-state index contributed by atoms with van der Waals surface area (Å²) in [5, 5.41) is 5.40. The van der Waals surface area contributed by atoms with Crippen LogP contribution in [0.5, 0.6) is 11.5 Å². The van der Waals surface area contributed by atoms with Crippen LogP contribution >= 0.6 is 0 Å². The van der Waals surface area contributed by atoms with Crippen LogP contribution in [0.1, 0.15) is 27.0 Å². The van der Waals surface area contributed by atoms with Crippen LogP contribution in [-0.4, -0.2) is 44.7 Å². The maximum atomic E-state index is 13.1. The fraction of sp³-hybridized carbons (Fsp3) is 0.159. The number of anilines is 1. The van der Waals surface area contributed by atoms with Gasteiger partial charge in [-0.2, -0.15) is 0 Å². The number of carbonyl (C=O) groups is 1. The molecule has 7 rings (SSSR count). The van der Waals surface area contributed by atoms with Gasteiger partial charge in [0.05, 0.1) is 30.5 Å². The van der Waals surface area contributed by atoms with E-state index < -0.39 is 10.0 Å². The average molecular weight is 724 g/mol. The molecule has 0 aliphatic rings. The number of aromatic nitrogens is 1. The zero-order valence-corrected chi connectivity index (χ0v) is 30.3. The number of rotatable bonds is 16. The van der Waals surface area contributed by atoms with E-state index in [2.05, 4.69) is 70.5 Å². The molecule has 0 spiro atoms. The van der Waals surface area contributed by atoms with Gasteiger partial charge in [0, 0.05) is 41.0 Å². The van der Waals surface area contributed by atoms with Crippen molar-refractivity contribution in [3.63, 3.8) is 0 Å². The van der Waals surface area contributed by atoms with E-state index in [1.807, 2.05) is 66.7 Å². The van der Waals surface area contributed by atoms with Crippen LogP contribution in [0.2, 0.25) is 0 Å². The maximum Gasteiger partial charge on any atom is 0.232 e. The summed E-state index contributed by atoms with van der Waals surface area (Å²) in [6.45, 7) is 2.26. The molecule has 268 valence electrons. The quantitative estimate of drug-likeness (QED) is 0.0799. The molecule has 0 atom stereocenters. The summed E-state index contributed by atoms with van der Waals surface area (Å²) in [5.74, 6) is 1.40. The Balaban J connectivity index is 1.01. The van der Waals surface area contributed by atoms with Gasteiger partial charge in [0.1, 0.15) is 24.7 Å². The molecule has 0 saturated carbocycles. The van der Waals surface area contributed by atoms with E-state index in [-0.39, 0.29) is 18.9 Å². The lowest BCUT2D eigenvalue weighted by Crippen LogP contribution is -2.30. The molecule has 0 saturated heterocycles. The maximum absolute atomic E-state index is 13.1. The van der Waals surface area contributed by atoms with Gasteiger partial charge < -0.3 is 19.4 Å². The van der Waals surface area contributed by atoms with Crippen LogP contribution in [0.3, 0.4) is 0 Å². The van der Waals surface area contributed by atoms with Crippen LogP contribution in [0.25, 0.3) is 21.8 Å². The first-order valence-corrected chi connectivity index (χ1v) is 19.4. The second-order valence-corrected chi connectivity index (χ2v) is 14.9. The molecule has 1 N–H and O–H groups in total. The third-order valence-corrected chi connectivity index (χ3v) is 10.2. The Hall–Kier alpha value is -5.90. The van der Waals surface area contributed by atoms with Crippen LogP contribution in [-0.2, 0) is 29.7 Å². The van der Waals surface area contributed by atoms with Crippen LogP contribution in [0.15, 0.2) is 152 Å². The van der Waals surface area contributed by atoms with Gasteiger partial charge >= 0.3 is 0 Å². The first-order valence-electron chi connectivity index (χ1n) is 17.6. The summed E-state index contributed by atoms with van der Waals surface area (Å²) in [7, 11) is -3.58. The van der Waals surface area contributed by atoms with E-state index in [1.54, 1.807) is 24.3 Å².